The molecule has 5 rings (SSSR count). The molecule has 1 unspecified atom stereocenters. The summed E-state index contributed by atoms with van der Waals surface area (Å²) < 4.78 is 2.11. The molecule has 28 heavy (non-hydrogen) atoms. The van der Waals surface area contributed by atoms with Gasteiger partial charge in [0.1, 0.15) is 0 Å². The number of carbonyl (C=O) groups excluding carboxylic acids is 1. The van der Waals surface area contributed by atoms with Crippen LogP contribution in [-0.4, -0.2) is 21.9 Å². The summed E-state index contributed by atoms with van der Waals surface area (Å²) in [6.07, 6.45) is 3.47. The number of aromatic nitrogens is 1. The number of aryl methyl sites for hydroxylation is 1. The first-order valence-electron chi connectivity index (χ1n) is 9.66. The van der Waals surface area contributed by atoms with E-state index in [1.54, 1.807) is 11.3 Å². The van der Waals surface area contributed by atoms with Crippen LogP contribution in [-0.2, 0) is 24.7 Å². The van der Waals surface area contributed by atoms with Crippen molar-refractivity contribution in [2.45, 2.75) is 18.9 Å². The minimum absolute atomic E-state index is 0.0127. The number of rotatable bonds is 3. The Labute approximate surface area is 168 Å². The zero-order chi connectivity index (χ0) is 19.1. The molecule has 0 radical (unpaired) electrons. The fraction of sp³-hybridized carbons (Fsp3) is 0.208. The van der Waals surface area contributed by atoms with Crippen LogP contribution in [0.25, 0.3) is 10.9 Å². The maximum atomic E-state index is 13.5. The van der Waals surface area contributed by atoms with Crippen molar-refractivity contribution in [1.29, 1.82) is 0 Å². The van der Waals surface area contributed by atoms with Gasteiger partial charge in [0.25, 0.3) is 0 Å². The van der Waals surface area contributed by atoms with E-state index >= 15 is 0 Å². The van der Waals surface area contributed by atoms with Crippen LogP contribution in [0.4, 0.5) is 0 Å². The van der Waals surface area contributed by atoms with E-state index in [-0.39, 0.29) is 11.9 Å². The largest absolute Gasteiger partial charge is 0.350 e. The van der Waals surface area contributed by atoms with Gasteiger partial charge in [-0.25, -0.2) is 0 Å². The van der Waals surface area contributed by atoms with Gasteiger partial charge >= 0.3 is 0 Å². The molecule has 0 bridgehead atoms. The molecule has 4 heteroatoms. The standard InChI is InChI=1S/C24H22N2OS/c1-25-16-18(19-9-5-6-10-21(19)25)15-23(27)26-13-11-22-20(12-14-28-22)24(26)17-7-3-2-4-8-17/h2-10,12,14,16,24H,11,13,15H2,1H3. The number of nitrogens with zero attached hydrogens (tertiary/aromatic N) is 2. The predicted octanol–water partition coefficient (Wildman–Crippen LogP) is 4.96. The number of fused-ring (bicyclic) bond motifs is 2. The molecule has 0 saturated heterocycles. The van der Waals surface area contributed by atoms with Gasteiger partial charge in [-0.05, 0) is 40.6 Å². The van der Waals surface area contributed by atoms with Gasteiger partial charge in [0.2, 0.25) is 5.91 Å². The number of hydrogen-bond donors (Lipinski definition) is 0. The highest BCUT2D eigenvalue weighted by Crippen LogP contribution is 2.38. The van der Waals surface area contributed by atoms with Crippen molar-refractivity contribution in [1.82, 2.24) is 9.47 Å². The molecule has 4 aromatic rings. The summed E-state index contributed by atoms with van der Waals surface area (Å²) >= 11 is 1.81. The topological polar surface area (TPSA) is 25.2 Å². The van der Waals surface area contributed by atoms with Crippen LogP contribution in [0.1, 0.15) is 27.6 Å². The summed E-state index contributed by atoms with van der Waals surface area (Å²) in [5.74, 6) is 0.196. The molecule has 1 amide bonds. The van der Waals surface area contributed by atoms with Crippen molar-refractivity contribution >= 4 is 28.1 Å². The van der Waals surface area contributed by atoms with E-state index in [1.807, 2.05) is 25.2 Å². The Morgan fingerprint density at radius 2 is 1.86 bits per heavy atom. The number of carbonyl (C=O) groups is 1. The Morgan fingerprint density at radius 1 is 1.07 bits per heavy atom. The lowest BCUT2D eigenvalue weighted by molar-refractivity contribution is -0.132. The smallest absolute Gasteiger partial charge is 0.227 e. The van der Waals surface area contributed by atoms with Crippen molar-refractivity contribution in [3.05, 3.63) is 93.8 Å². The molecule has 2 aromatic carbocycles. The molecule has 3 nitrogen and oxygen atoms in total. The summed E-state index contributed by atoms with van der Waals surface area (Å²) in [4.78, 5) is 16.9. The zero-order valence-electron chi connectivity index (χ0n) is 15.8. The molecule has 1 atom stereocenters. The Hall–Kier alpha value is -2.85. The number of hydrogen-bond acceptors (Lipinski definition) is 2. The van der Waals surface area contributed by atoms with Crippen molar-refractivity contribution in [3.63, 3.8) is 0 Å². The molecule has 0 spiro atoms. The Morgan fingerprint density at radius 3 is 2.71 bits per heavy atom. The molecule has 3 heterocycles. The van der Waals surface area contributed by atoms with Gasteiger partial charge in [0.15, 0.2) is 0 Å². The van der Waals surface area contributed by atoms with Crippen LogP contribution in [0.3, 0.4) is 0 Å². The van der Waals surface area contributed by atoms with Crippen LogP contribution in [0.5, 0.6) is 0 Å². The van der Waals surface area contributed by atoms with Gasteiger partial charge in [-0.1, -0.05) is 48.5 Å². The van der Waals surface area contributed by atoms with Gasteiger partial charge in [-0.3, -0.25) is 4.79 Å². The van der Waals surface area contributed by atoms with Crippen LogP contribution in [0.2, 0.25) is 0 Å². The van der Waals surface area contributed by atoms with E-state index < -0.39 is 0 Å². The van der Waals surface area contributed by atoms with Gasteiger partial charge in [-0.2, -0.15) is 0 Å². The maximum absolute atomic E-state index is 13.5. The molecule has 2 aromatic heterocycles. The number of thiophene rings is 1. The van der Waals surface area contributed by atoms with E-state index in [4.69, 9.17) is 0 Å². The molecule has 0 N–H and O–H groups in total. The normalized spacial score (nSPS) is 16.3. The van der Waals surface area contributed by atoms with Crippen molar-refractivity contribution in [2.75, 3.05) is 6.54 Å². The van der Waals surface area contributed by atoms with Gasteiger partial charge in [0.05, 0.1) is 12.5 Å². The summed E-state index contributed by atoms with van der Waals surface area (Å²) in [6, 6.07) is 20.9. The van der Waals surface area contributed by atoms with Crippen LogP contribution in [0.15, 0.2) is 72.2 Å². The average Bonchev–Trinajstić information content (AvgIpc) is 3.33. The van der Waals surface area contributed by atoms with E-state index in [2.05, 4.69) is 63.5 Å². The van der Waals surface area contributed by atoms with Crippen molar-refractivity contribution in [3.8, 4) is 0 Å². The summed E-state index contributed by atoms with van der Waals surface area (Å²) in [7, 11) is 2.04. The first-order valence-corrected chi connectivity index (χ1v) is 10.5. The van der Waals surface area contributed by atoms with E-state index in [0.29, 0.717) is 6.42 Å². The molecule has 1 aliphatic rings. The predicted molar refractivity (Wildman–Crippen MR) is 115 cm³/mol. The Balaban J connectivity index is 1.51. The highest BCUT2D eigenvalue weighted by Gasteiger charge is 2.32. The Bertz CT molecular complexity index is 1140. The molecular weight excluding hydrogens is 364 g/mol. The molecule has 140 valence electrons. The Kier molecular flexibility index (Phi) is 4.29. The first-order chi connectivity index (χ1) is 13.7. The lowest BCUT2D eigenvalue weighted by Crippen LogP contribution is -2.40. The quantitative estimate of drug-likeness (QED) is 0.489. The lowest BCUT2D eigenvalue weighted by Gasteiger charge is -2.36. The number of benzene rings is 2. The second-order valence-electron chi connectivity index (χ2n) is 7.41. The third-order valence-electron chi connectivity index (χ3n) is 5.72. The summed E-state index contributed by atoms with van der Waals surface area (Å²) in [6.45, 7) is 0.774. The SMILES string of the molecule is Cn1cc(CC(=O)N2CCc3sccc3C2c2ccccc2)c2ccccc21. The fourth-order valence-corrected chi connectivity index (χ4v) is 5.31. The van der Waals surface area contributed by atoms with Crippen LogP contribution < -0.4 is 0 Å². The zero-order valence-corrected chi connectivity index (χ0v) is 16.7. The second-order valence-corrected chi connectivity index (χ2v) is 8.41. The molecule has 0 saturated carbocycles. The number of para-hydroxylation sites is 1. The lowest BCUT2D eigenvalue weighted by atomic mass is 9.92. The average molecular weight is 387 g/mol. The van der Waals surface area contributed by atoms with E-state index in [1.165, 1.54) is 26.9 Å². The van der Waals surface area contributed by atoms with Crippen LogP contribution >= 0.6 is 11.3 Å². The minimum Gasteiger partial charge on any atom is -0.350 e. The van der Waals surface area contributed by atoms with Gasteiger partial charge in [0, 0.05) is 35.6 Å². The van der Waals surface area contributed by atoms with Gasteiger partial charge in [-0.15, -0.1) is 11.3 Å². The molecular formula is C24H22N2OS. The van der Waals surface area contributed by atoms with Crippen LogP contribution in [0, 0.1) is 0 Å². The monoisotopic (exact) mass is 386 g/mol. The van der Waals surface area contributed by atoms with Crippen molar-refractivity contribution < 1.29 is 4.79 Å². The highest BCUT2D eigenvalue weighted by atomic mass is 32.1. The fourth-order valence-electron chi connectivity index (χ4n) is 4.41. The third-order valence-corrected chi connectivity index (χ3v) is 6.72. The molecule has 0 aliphatic carbocycles. The minimum atomic E-state index is 0.0127. The molecule has 0 fully saturated rings. The molecule has 1 aliphatic heterocycles. The summed E-state index contributed by atoms with van der Waals surface area (Å²) in [5.41, 5.74) is 4.75. The summed E-state index contributed by atoms with van der Waals surface area (Å²) in [5, 5.41) is 3.32. The first kappa shape index (κ1) is 17.3. The van der Waals surface area contributed by atoms with E-state index in [9.17, 15) is 4.79 Å². The third kappa shape index (κ3) is 2.85. The highest BCUT2D eigenvalue weighted by molar-refractivity contribution is 7.10. The second kappa shape index (κ2) is 6.95. The maximum Gasteiger partial charge on any atom is 0.227 e. The van der Waals surface area contributed by atoms with Crippen molar-refractivity contribution in [2.24, 2.45) is 7.05 Å². The number of amides is 1. The van der Waals surface area contributed by atoms with E-state index in [0.717, 1.165) is 18.5 Å². The van der Waals surface area contributed by atoms with Gasteiger partial charge < -0.3 is 9.47 Å².